The van der Waals surface area contributed by atoms with Crippen LogP contribution in [0.25, 0.3) is 16.2 Å². The van der Waals surface area contributed by atoms with Crippen LogP contribution in [-0.2, 0) is 0 Å². The molecule has 4 nitrogen and oxygen atoms in total. The molecule has 4 aromatic rings. The van der Waals surface area contributed by atoms with Gasteiger partial charge in [0, 0.05) is 34.1 Å². The number of hydrogen-bond donors (Lipinski definition) is 1. The Morgan fingerprint density at radius 2 is 1.92 bits per heavy atom. The zero-order valence-corrected chi connectivity index (χ0v) is 14.8. The highest BCUT2D eigenvalue weighted by atomic mass is 32.1. The third kappa shape index (κ3) is 3.06. The van der Waals surface area contributed by atoms with Crippen molar-refractivity contribution in [3.8, 4) is 11.3 Å². The van der Waals surface area contributed by atoms with Crippen molar-refractivity contribution in [2.75, 3.05) is 5.32 Å². The van der Waals surface area contributed by atoms with Gasteiger partial charge in [0.05, 0.1) is 5.69 Å². The zero-order valence-electron chi connectivity index (χ0n) is 14.0. The van der Waals surface area contributed by atoms with Crippen molar-refractivity contribution in [1.82, 2.24) is 9.38 Å². The highest BCUT2D eigenvalue weighted by Crippen LogP contribution is 2.25. The summed E-state index contributed by atoms with van der Waals surface area (Å²) in [6.07, 6.45) is 4.08. The molecule has 0 aliphatic carbocycles. The molecule has 4 rings (SSSR count). The number of anilines is 1. The molecule has 0 radical (unpaired) electrons. The average molecular weight is 347 g/mol. The van der Waals surface area contributed by atoms with E-state index in [1.807, 2.05) is 66.1 Å². The maximum atomic E-state index is 12.5. The predicted molar refractivity (Wildman–Crippen MR) is 102 cm³/mol. The van der Waals surface area contributed by atoms with Crippen molar-refractivity contribution in [2.24, 2.45) is 0 Å². The highest BCUT2D eigenvalue weighted by Gasteiger charge is 2.11. The van der Waals surface area contributed by atoms with E-state index in [0.29, 0.717) is 5.56 Å². The van der Waals surface area contributed by atoms with Gasteiger partial charge < -0.3 is 5.32 Å². The number of thiazole rings is 1. The summed E-state index contributed by atoms with van der Waals surface area (Å²) in [6, 6.07) is 15.4. The quantitative estimate of drug-likeness (QED) is 0.571. The van der Waals surface area contributed by atoms with Crippen molar-refractivity contribution in [2.45, 2.75) is 13.8 Å². The van der Waals surface area contributed by atoms with Gasteiger partial charge in [-0.05, 0) is 37.6 Å². The first kappa shape index (κ1) is 15.6. The van der Waals surface area contributed by atoms with E-state index in [1.165, 1.54) is 4.88 Å². The molecule has 25 heavy (non-hydrogen) atoms. The molecule has 0 bridgehead atoms. The molecule has 0 fully saturated rings. The largest absolute Gasteiger partial charge is 0.322 e. The molecule has 0 saturated heterocycles. The topological polar surface area (TPSA) is 46.4 Å². The highest BCUT2D eigenvalue weighted by molar-refractivity contribution is 7.17. The molecule has 1 N–H and O–H groups in total. The van der Waals surface area contributed by atoms with E-state index in [4.69, 9.17) is 0 Å². The molecule has 2 aromatic carbocycles. The summed E-state index contributed by atoms with van der Waals surface area (Å²) in [5, 5.41) is 2.97. The van der Waals surface area contributed by atoms with Crippen LogP contribution in [0.1, 0.15) is 20.8 Å². The average Bonchev–Trinajstić information content (AvgIpc) is 3.13. The normalized spacial score (nSPS) is 11.0. The second-order valence-electron chi connectivity index (χ2n) is 6.01. The van der Waals surface area contributed by atoms with E-state index in [2.05, 4.69) is 23.4 Å². The Morgan fingerprint density at radius 1 is 1.08 bits per heavy atom. The summed E-state index contributed by atoms with van der Waals surface area (Å²) in [7, 11) is 0. The molecule has 2 aromatic heterocycles. The minimum absolute atomic E-state index is 0.100. The number of amides is 1. The van der Waals surface area contributed by atoms with Crippen molar-refractivity contribution < 1.29 is 4.79 Å². The number of carbonyl (C=O) groups excluding carboxylic acids is 1. The Morgan fingerprint density at radius 3 is 2.72 bits per heavy atom. The fourth-order valence-corrected chi connectivity index (χ4v) is 3.64. The molecule has 2 heterocycles. The van der Waals surface area contributed by atoms with E-state index in [0.717, 1.165) is 27.5 Å². The van der Waals surface area contributed by atoms with Crippen LogP contribution in [0.15, 0.2) is 60.9 Å². The molecule has 5 heteroatoms. The number of imidazole rings is 1. The predicted octanol–water partition coefficient (Wildman–Crippen LogP) is 4.93. The summed E-state index contributed by atoms with van der Waals surface area (Å²) >= 11 is 1.66. The van der Waals surface area contributed by atoms with Crippen LogP contribution in [0.5, 0.6) is 0 Å². The van der Waals surface area contributed by atoms with Gasteiger partial charge in [0.1, 0.15) is 0 Å². The molecule has 0 spiro atoms. The molecule has 1 amide bonds. The van der Waals surface area contributed by atoms with Crippen molar-refractivity contribution in [1.29, 1.82) is 0 Å². The molecular weight excluding hydrogens is 330 g/mol. The van der Waals surface area contributed by atoms with Gasteiger partial charge in [-0.1, -0.05) is 30.3 Å². The smallest absolute Gasteiger partial charge is 0.255 e. The molecule has 0 aliphatic rings. The van der Waals surface area contributed by atoms with Crippen LogP contribution in [-0.4, -0.2) is 15.3 Å². The number of carbonyl (C=O) groups is 1. The van der Waals surface area contributed by atoms with Gasteiger partial charge >= 0.3 is 0 Å². The fourth-order valence-electron chi connectivity index (χ4n) is 2.83. The van der Waals surface area contributed by atoms with Crippen LogP contribution in [0.2, 0.25) is 0 Å². The van der Waals surface area contributed by atoms with Crippen LogP contribution in [0, 0.1) is 13.8 Å². The van der Waals surface area contributed by atoms with Crippen molar-refractivity contribution in [3.63, 3.8) is 0 Å². The first-order valence-electron chi connectivity index (χ1n) is 8.03. The van der Waals surface area contributed by atoms with E-state index in [1.54, 1.807) is 11.3 Å². The SMILES string of the molecule is Cc1cn2cc(-c3cccc(NC(=O)c4ccccc4C)c3)nc2s1. The van der Waals surface area contributed by atoms with E-state index in [-0.39, 0.29) is 5.91 Å². The van der Waals surface area contributed by atoms with E-state index in [9.17, 15) is 4.79 Å². The lowest BCUT2D eigenvalue weighted by Gasteiger charge is -2.08. The Balaban J connectivity index is 1.62. The van der Waals surface area contributed by atoms with E-state index >= 15 is 0 Å². The first-order valence-corrected chi connectivity index (χ1v) is 8.84. The van der Waals surface area contributed by atoms with Crippen LogP contribution < -0.4 is 5.32 Å². The number of nitrogens with zero attached hydrogens (tertiary/aromatic N) is 2. The monoisotopic (exact) mass is 347 g/mol. The zero-order chi connectivity index (χ0) is 17.4. The Bertz CT molecular complexity index is 1050. The second kappa shape index (κ2) is 6.18. The lowest BCUT2D eigenvalue weighted by atomic mass is 10.1. The molecule has 0 unspecified atom stereocenters. The molecule has 0 aliphatic heterocycles. The van der Waals surface area contributed by atoms with Gasteiger partial charge in [-0.25, -0.2) is 4.98 Å². The number of nitrogens with one attached hydrogen (secondary N) is 1. The van der Waals surface area contributed by atoms with Gasteiger partial charge in [0.25, 0.3) is 5.91 Å². The number of rotatable bonds is 3. The molecule has 124 valence electrons. The first-order chi connectivity index (χ1) is 12.1. The second-order valence-corrected chi connectivity index (χ2v) is 7.22. The minimum atomic E-state index is -0.100. The van der Waals surface area contributed by atoms with Crippen molar-refractivity contribution in [3.05, 3.63) is 76.9 Å². The van der Waals surface area contributed by atoms with Crippen LogP contribution >= 0.6 is 11.3 Å². The van der Waals surface area contributed by atoms with Gasteiger partial charge in [-0.15, -0.1) is 11.3 Å². The van der Waals surface area contributed by atoms with Crippen LogP contribution in [0.3, 0.4) is 0 Å². The number of hydrogen-bond acceptors (Lipinski definition) is 3. The van der Waals surface area contributed by atoms with Gasteiger partial charge in [0.2, 0.25) is 0 Å². The number of benzene rings is 2. The third-order valence-electron chi connectivity index (χ3n) is 4.08. The fraction of sp³-hybridized carbons (Fsp3) is 0.100. The minimum Gasteiger partial charge on any atom is -0.322 e. The summed E-state index contributed by atoms with van der Waals surface area (Å²) in [6.45, 7) is 4.01. The van der Waals surface area contributed by atoms with Gasteiger partial charge in [-0.2, -0.15) is 0 Å². The molecule has 0 atom stereocenters. The number of aromatic nitrogens is 2. The van der Waals surface area contributed by atoms with Crippen molar-refractivity contribution >= 4 is 27.9 Å². The molecule has 0 saturated carbocycles. The Kier molecular flexibility index (Phi) is 3.86. The maximum absolute atomic E-state index is 12.5. The van der Waals surface area contributed by atoms with Gasteiger partial charge in [0.15, 0.2) is 4.96 Å². The summed E-state index contributed by atoms with van der Waals surface area (Å²) in [5.74, 6) is -0.100. The third-order valence-corrected chi connectivity index (χ3v) is 4.99. The maximum Gasteiger partial charge on any atom is 0.255 e. The Labute approximate surface area is 149 Å². The molecular formula is C20H17N3OS. The standard InChI is InChI=1S/C20H17N3OS/c1-13-6-3-4-9-17(13)19(24)21-16-8-5-7-15(10-16)18-12-23-11-14(2)25-20(23)22-18/h3-12H,1-2H3,(H,21,24). The van der Waals surface area contributed by atoms with Gasteiger partial charge in [-0.3, -0.25) is 9.20 Å². The van der Waals surface area contributed by atoms with Crippen LogP contribution in [0.4, 0.5) is 5.69 Å². The number of fused-ring (bicyclic) bond motifs is 1. The van der Waals surface area contributed by atoms with E-state index < -0.39 is 0 Å². The summed E-state index contributed by atoms with van der Waals surface area (Å²) < 4.78 is 2.04. The summed E-state index contributed by atoms with van der Waals surface area (Å²) in [4.78, 5) is 19.4. The Hall–Kier alpha value is -2.92. The lowest BCUT2D eigenvalue weighted by molar-refractivity contribution is 0.102. The lowest BCUT2D eigenvalue weighted by Crippen LogP contribution is -2.13. The number of aryl methyl sites for hydroxylation is 2. The summed E-state index contributed by atoms with van der Waals surface area (Å²) in [5.41, 5.74) is 4.29.